The van der Waals surface area contributed by atoms with Crippen LogP contribution in [-0.4, -0.2) is 27.1 Å². The molecule has 1 saturated heterocycles. The molecule has 1 fully saturated rings. The zero-order chi connectivity index (χ0) is 18.1. The molecule has 1 aliphatic heterocycles. The molecule has 2 aromatic carbocycles. The van der Waals surface area contributed by atoms with Crippen LogP contribution in [0.4, 0.5) is 11.4 Å². The van der Waals surface area contributed by atoms with Gasteiger partial charge in [-0.15, -0.1) is 0 Å². The van der Waals surface area contributed by atoms with E-state index in [9.17, 15) is 9.59 Å². The predicted octanol–water partition coefficient (Wildman–Crippen LogP) is 3.77. The second-order valence-corrected chi connectivity index (χ2v) is 6.95. The van der Waals surface area contributed by atoms with Gasteiger partial charge in [0.25, 0.3) is 5.91 Å². The minimum Gasteiger partial charge on any atom is -0.322 e. The molecule has 0 bridgehead atoms. The number of carbonyl (C=O) groups is 2. The molecule has 0 atom stereocenters. The standard InChI is InChI=1S/C19H18N4O2S/c1-12-5-7-14(11-17(12)23-9-3-2-4-18(23)24)20-19(25)13-6-8-15-16(10-13)22-26-21-15/h5-8,10-11H,2-4,9H2,1H3,(H,20,25). The van der Waals surface area contributed by atoms with Crippen molar-refractivity contribution < 1.29 is 9.59 Å². The summed E-state index contributed by atoms with van der Waals surface area (Å²) in [4.78, 5) is 26.6. The first kappa shape index (κ1) is 16.7. The highest BCUT2D eigenvalue weighted by Gasteiger charge is 2.21. The first-order valence-corrected chi connectivity index (χ1v) is 9.29. The first-order valence-electron chi connectivity index (χ1n) is 8.56. The van der Waals surface area contributed by atoms with Crippen molar-refractivity contribution in [3.8, 4) is 0 Å². The van der Waals surface area contributed by atoms with E-state index in [4.69, 9.17) is 0 Å². The number of amides is 2. The molecule has 2 amide bonds. The Kier molecular flexibility index (Phi) is 4.38. The third kappa shape index (κ3) is 3.17. The summed E-state index contributed by atoms with van der Waals surface area (Å²) >= 11 is 1.13. The summed E-state index contributed by atoms with van der Waals surface area (Å²) in [6, 6.07) is 10.9. The number of nitrogens with zero attached hydrogens (tertiary/aromatic N) is 3. The van der Waals surface area contributed by atoms with Crippen molar-refractivity contribution in [3.05, 3.63) is 47.5 Å². The van der Waals surface area contributed by atoms with E-state index >= 15 is 0 Å². The lowest BCUT2D eigenvalue weighted by atomic mass is 10.1. The number of rotatable bonds is 3. The fourth-order valence-corrected chi connectivity index (χ4v) is 3.68. The van der Waals surface area contributed by atoms with Crippen LogP contribution in [0.2, 0.25) is 0 Å². The van der Waals surface area contributed by atoms with Gasteiger partial charge < -0.3 is 10.2 Å². The van der Waals surface area contributed by atoms with Crippen molar-refractivity contribution in [1.82, 2.24) is 8.75 Å². The number of fused-ring (bicyclic) bond motifs is 1. The summed E-state index contributed by atoms with van der Waals surface area (Å²) < 4.78 is 8.32. The molecule has 0 aliphatic carbocycles. The van der Waals surface area contributed by atoms with Crippen LogP contribution >= 0.6 is 11.7 Å². The maximum absolute atomic E-state index is 12.6. The maximum atomic E-state index is 12.6. The number of carbonyl (C=O) groups excluding carboxylic acids is 2. The number of nitrogens with one attached hydrogen (secondary N) is 1. The second-order valence-electron chi connectivity index (χ2n) is 6.43. The SMILES string of the molecule is Cc1ccc(NC(=O)c2ccc3nsnc3c2)cc1N1CCCCC1=O. The molecule has 2 heterocycles. The van der Waals surface area contributed by atoms with Gasteiger partial charge in [-0.25, -0.2) is 0 Å². The van der Waals surface area contributed by atoms with Crippen LogP contribution in [-0.2, 0) is 4.79 Å². The number of piperidine rings is 1. The van der Waals surface area contributed by atoms with Crippen molar-refractivity contribution in [2.75, 3.05) is 16.8 Å². The number of anilines is 2. The molecule has 7 heteroatoms. The average molecular weight is 366 g/mol. The number of benzene rings is 2. The average Bonchev–Trinajstić information content (AvgIpc) is 3.11. The van der Waals surface area contributed by atoms with Crippen molar-refractivity contribution in [2.45, 2.75) is 26.2 Å². The first-order chi connectivity index (χ1) is 12.6. The Hall–Kier alpha value is -2.80. The van der Waals surface area contributed by atoms with Crippen molar-refractivity contribution >= 4 is 46.0 Å². The van der Waals surface area contributed by atoms with Gasteiger partial charge in [0, 0.05) is 29.9 Å². The highest BCUT2D eigenvalue weighted by molar-refractivity contribution is 7.00. The lowest BCUT2D eigenvalue weighted by Crippen LogP contribution is -2.35. The molecule has 0 saturated carbocycles. The van der Waals surface area contributed by atoms with Gasteiger partial charge in [0.2, 0.25) is 5.91 Å². The summed E-state index contributed by atoms with van der Waals surface area (Å²) in [5.74, 6) is -0.0658. The van der Waals surface area contributed by atoms with E-state index in [1.807, 2.05) is 30.0 Å². The molecular formula is C19H18N4O2S. The van der Waals surface area contributed by atoms with Crippen LogP contribution in [0.25, 0.3) is 11.0 Å². The van der Waals surface area contributed by atoms with Gasteiger partial charge in [-0.3, -0.25) is 9.59 Å². The summed E-state index contributed by atoms with van der Waals surface area (Å²) in [5, 5.41) is 2.91. The molecule has 1 aromatic heterocycles. The van der Waals surface area contributed by atoms with Crippen LogP contribution in [0.3, 0.4) is 0 Å². The van der Waals surface area contributed by atoms with E-state index in [1.165, 1.54) is 0 Å². The number of hydrogen-bond donors (Lipinski definition) is 1. The molecule has 0 radical (unpaired) electrons. The summed E-state index contributed by atoms with van der Waals surface area (Å²) in [6.45, 7) is 2.70. The zero-order valence-electron chi connectivity index (χ0n) is 14.4. The van der Waals surface area contributed by atoms with Crippen LogP contribution in [0.5, 0.6) is 0 Å². The topological polar surface area (TPSA) is 75.2 Å². The van der Waals surface area contributed by atoms with Crippen LogP contribution in [0, 0.1) is 6.92 Å². The molecule has 132 valence electrons. The number of aryl methyl sites for hydroxylation is 1. The Bertz CT molecular complexity index is 998. The Morgan fingerprint density at radius 1 is 1.12 bits per heavy atom. The molecule has 0 spiro atoms. The fraction of sp³-hybridized carbons (Fsp3) is 0.263. The molecule has 1 N–H and O–H groups in total. The molecule has 4 rings (SSSR count). The molecule has 6 nitrogen and oxygen atoms in total. The van der Waals surface area contributed by atoms with E-state index < -0.39 is 0 Å². The van der Waals surface area contributed by atoms with Gasteiger partial charge in [-0.2, -0.15) is 8.75 Å². The predicted molar refractivity (Wildman–Crippen MR) is 103 cm³/mol. The van der Waals surface area contributed by atoms with Crippen molar-refractivity contribution in [2.24, 2.45) is 0 Å². The van der Waals surface area contributed by atoms with Gasteiger partial charge >= 0.3 is 0 Å². The molecule has 1 aliphatic rings. The Morgan fingerprint density at radius 2 is 1.96 bits per heavy atom. The van der Waals surface area contributed by atoms with Crippen LogP contribution < -0.4 is 10.2 Å². The molecule has 26 heavy (non-hydrogen) atoms. The quantitative estimate of drug-likeness (QED) is 0.766. The molecule has 0 unspecified atom stereocenters. The minimum atomic E-state index is -0.209. The van der Waals surface area contributed by atoms with Crippen molar-refractivity contribution in [1.29, 1.82) is 0 Å². The second kappa shape index (κ2) is 6.84. The minimum absolute atomic E-state index is 0.143. The number of aromatic nitrogens is 2. The Balaban J connectivity index is 1.58. The molecular weight excluding hydrogens is 348 g/mol. The Labute approximate surface area is 155 Å². The maximum Gasteiger partial charge on any atom is 0.255 e. The fourth-order valence-electron chi connectivity index (χ4n) is 3.17. The summed E-state index contributed by atoms with van der Waals surface area (Å²) in [7, 11) is 0. The van der Waals surface area contributed by atoms with Crippen LogP contribution in [0.1, 0.15) is 35.2 Å². The van der Waals surface area contributed by atoms with Gasteiger partial charge in [-0.05, 0) is 55.7 Å². The van der Waals surface area contributed by atoms with E-state index in [1.54, 1.807) is 18.2 Å². The summed E-state index contributed by atoms with van der Waals surface area (Å²) in [6.07, 6.45) is 2.53. The zero-order valence-corrected chi connectivity index (χ0v) is 15.2. The van der Waals surface area contributed by atoms with E-state index in [2.05, 4.69) is 14.1 Å². The summed E-state index contributed by atoms with van der Waals surface area (Å²) in [5.41, 5.74) is 4.59. The normalized spacial score (nSPS) is 14.7. The lowest BCUT2D eigenvalue weighted by Gasteiger charge is -2.28. The van der Waals surface area contributed by atoms with Gasteiger partial charge in [0.05, 0.1) is 11.7 Å². The Morgan fingerprint density at radius 3 is 2.81 bits per heavy atom. The third-order valence-electron chi connectivity index (χ3n) is 4.60. The van der Waals surface area contributed by atoms with Gasteiger partial charge in [-0.1, -0.05) is 6.07 Å². The van der Waals surface area contributed by atoms with E-state index in [-0.39, 0.29) is 11.8 Å². The third-order valence-corrected chi connectivity index (χ3v) is 5.15. The van der Waals surface area contributed by atoms with Crippen molar-refractivity contribution in [3.63, 3.8) is 0 Å². The van der Waals surface area contributed by atoms with E-state index in [0.717, 1.165) is 47.9 Å². The highest BCUT2D eigenvalue weighted by Crippen LogP contribution is 2.28. The lowest BCUT2D eigenvalue weighted by molar-refractivity contribution is -0.119. The molecule has 3 aromatic rings. The highest BCUT2D eigenvalue weighted by atomic mass is 32.1. The largest absolute Gasteiger partial charge is 0.322 e. The van der Waals surface area contributed by atoms with Gasteiger partial charge in [0.15, 0.2) is 0 Å². The monoisotopic (exact) mass is 366 g/mol. The van der Waals surface area contributed by atoms with Crippen LogP contribution in [0.15, 0.2) is 36.4 Å². The smallest absolute Gasteiger partial charge is 0.255 e. The number of hydrogen-bond acceptors (Lipinski definition) is 5. The van der Waals surface area contributed by atoms with Gasteiger partial charge in [0.1, 0.15) is 11.0 Å². The van der Waals surface area contributed by atoms with E-state index in [0.29, 0.717) is 23.2 Å².